The molecular formula is C17H25ClIN5OS. The van der Waals surface area contributed by atoms with Gasteiger partial charge in [0.15, 0.2) is 5.96 Å². The first-order chi connectivity index (χ1) is 11.9. The van der Waals surface area contributed by atoms with Crippen molar-refractivity contribution in [3.05, 3.63) is 35.2 Å². The van der Waals surface area contributed by atoms with E-state index in [0.29, 0.717) is 23.3 Å². The van der Waals surface area contributed by atoms with Gasteiger partial charge in [0.25, 0.3) is 0 Å². The first kappa shape index (κ1) is 23.0. The van der Waals surface area contributed by atoms with Crippen LogP contribution in [0.5, 0.6) is 0 Å². The van der Waals surface area contributed by atoms with E-state index in [1.54, 1.807) is 23.9 Å². The van der Waals surface area contributed by atoms with E-state index in [0.717, 1.165) is 24.6 Å². The summed E-state index contributed by atoms with van der Waals surface area (Å²) in [7, 11) is 0. The van der Waals surface area contributed by atoms with Gasteiger partial charge in [-0.15, -0.1) is 24.0 Å². The molecule has 9 heteroatoms. The standard InChI is InChI=1S/C17H24ClN5OS.HI/c1-5-19-16(21-11-17(2,3)25-4)20-10-14-22-15(23-24-14)12-7-6-8-13(18)9-12;/h6-9H,5,10-11H2,1-4H3,(H2,19,20,21);1H. The Morgan fingerprint density at radius 1 is 1.35 bits per heavy atom. The second kappa shape index (κ2) is 11.0. The lowest BCUT2D eigenvalue weighted by Crippen LogP contribution is -2.43. The molecule has 0 unspecified atom stereocenters. The Bertz CT molecular complexity index is 723. The molecule has 2 rings (SSSR count). The second-order valence-electron chi connectivity index (χ2n) is 6.03. The molecule has 0 saturated heterocycles. The van der Waals surface area contributed by atoms with Crippen molar-refractivity contribution >= 4 is 53.3 Å². The van der Waals surface area contributed by atoms with Crippen LogP contribution in [0.25, 0.3) is 11.4 Å². The summed E-state index contributed by atoms with van der Waals surface area (Å²) >= 11 is 7.80. The van der Waals surface area contributed by atoms with E-state index in [1.807, 2.05) is 19.1 Å². The molecule has 0 saturated carbocycles. The Morgan fingerprint density at radius 3 is 2.77 bits per heavy atom. The van der Waals surface area contributed by atoms with Crippen LogP contribution in [0.15, 0.2) is 33.8 Å². The molecule has 1 aromatic carbocycles. The zero-order chi connectivity index (χ0) is 18.3. The number of nitrogens with zero attached hydrogens (tertiary/aromatic N) is 3. The summed E-state index contributed by atoms with van der Waals surface area (Å²) in [5.74, 6) is 1.69. The lowest BCUT2D eigenvalue weighted by atomic mass is 10.2. The number of guanidine groups is 1. The predicted octanol–water partition coefficient (Wildman–Crippen LogP) is 4.20. The number of hydrogen-bond acceptors (Lipinski definition) is 5. The number of halogens is 2. The van der Waals surface area contributed by atoms with E-state index < -0.39 is 0 Å². The summed E-state index contributed by atoms with van der Waals surface area (Å²) in [5.41, 5.74) is 0.818. The molecule has 6 nitrogen and oxygen atoms in total. The fraction of sp³-hybridized carbons (Fsp3) is 0.471. The average molecular weight is 510 g/mol. The van der Waals surface area contributed by atoms with E-state index >= 15 is 0 Å². The molecule has 2 N–H and O–H groups in total. The highest BCUT2D eigenvalue weighted by molar-refractivity contribution is 14.0. The van der Waals surface area contributed by atoms with Gasteiger partial charge in [0, 0.05) is 28.4 Å². The van der Waals surface area contributed by atoms with Gasteiger partial charge in [-0.3, -0.25) is 0 Å². The fourth-order valence-electron chi connectivity index (χ4n) is 1.92. The quantitative estimate of drug-likeness (QED) is 0.331. The van der Waals surface area contributed by atoms with Crippen LogP contribution in [0.2, 0.25) is 5.02 Å². The fourth-order valence-corrected chi connectivity index (χ4v) is 2.33. The third-order valence-corrected chi connectivity index (χ3v) is 4.99. The maximum atomic E-state index is 6.00. The van der Waals surface area contributed by atoms with Crippen molar-refractivity contribution in [2.24, 2.45) is 4.99 Å². The van der Waals surface area contributed by atoms with Crippen LogP contribution < -0.4 is 10.6 Å². The lowest BCUT2D eigenvalue weighted by molar-refractivity contribution is 0.380. The Kier molecular flexibility index (Phi) is 9.73. The summed E-state index contributed by atoms with van der Waals surface area (Å²) in [5, 5.41) is 11.2. The normalized spacial score (nSPS) is 11.8. The van der Waals surface area contributed by atoms with Gasteiger partial charge in [0.2, 0.25) is 11.7 Å². The molecule has 2 aromatic rings. The summed E-state index contributed by atoms with van der Waals surface area (Å²) in [6.07, 6.45) is 2.10. The smallest absolute Gasteiger partial charge is 0.248 e. The van der Waals surface area contributed by atoms with Crippen molar-refractivity contribution in [3.8, 4) is 11.4 Å². The number of thioether (sulfide) groups is 1. The van der Waals surface area contributed by atoms with Crippen molar-refractivity contribution in [2.75, 3.05) is 19.3 Å². The Labute approximate surface area is 181 Å². The average Bonchev–Trinajstić information content (AvgIpc) is 3.06. The molecule has 0 spiro atoms. The number of nitrogens with one attached hydrogen (secondary N) is 2. The number of aromatic nitrogens is 2. The molecule has 0 aliphatic carbocycles. The Balaban J connectivity index is 0.00000338. The third kappa shape index (κ3) is 7.32. The van der Waals surface area contributed by atoms with Gasteiger partial charge in [-0.05, 0) is 39.2 Å². The molecule has 0 bridgehead atoms. The highest BCUT2D eigenvalue weighted by Gasteiger charge is 2.16. The molecule has 144 valence electrons. The van der Waals surface area contributed by atoms with Crippen LogP contribution in [0, 0.1) is 0 Å². The van der Waals surface area contributed by atoms with Gasteiger partial charge in [-0.25, -0.2) is 4.99 Å². The lowest BCUT2D eigenvalue weighted by Gasteiger charge is -2.23. The molecule has 1 aromatic heterocycles. The molecule has 1 heterocycles. The van der Waals surface area contributed by atoms with Crippen LogP contribution in [-0.4, -0.2) is 40.2 Å². The maximum Gasteiger partial charge on any atom is 0.248 e. The van der Waals surface area contributed by atoms with Gasteiger partial charge >= 0.3 is 0 Å². The van der Waals surface area contributed by atoms with Gasteiger partial charge in [0.1, 0.15) is 6.54 Å². The number of rotatable bonds is 7. The third-order valence-electron chi connectivity index (χ3n) is 3.50. The minimum absolute atomic E-state index is 0. The van der Waals surface area contributed by atoms with Crippen LogP contribution in [-0.2, 0) is 6.54 Å². The SMILES string of the molecule is CCNC(=NCc1nc(-c2cccc(Cl)c2)no1)NCC(C)(C)SC.I. The molecule has 26 heavy (non-hydrogen) atoms. The molecule has 0 fully saturated rings. The van der Waals surface area contributed by atoms with Crippen LogP contribution in [0.4, 0.5) is 0 Å². The van der Waals surface area contributed by atoms with Gasteiger partial charge < -0.3 is 15.2 Å². The number of benzene rings is 1. The highest BCUT2D eigenvalue weighted by atomic mass is 127. The van der Waals surface area contributed by atoms with Crippen molar-refractivity contribution in [1.82, 2.24) is 20.8 Å². The van der Waals surface area contributed by atoms with Gasteiger partial charge in [-0.1, -0.05) is 28.9 Å². The zero-order valence-electron chi connectivity index (χ0n) is 15.4. The number of aliphatic imine (C=N–C) groups is 1. The minimum Gasteiger partial charge on any atom is -0.357 e. The Morgan fingerprint density at radius 2 is 2.12 bits per heavy atom. The largest absolute Gasteiger partial charge is 0.357 e. The molecule has 0 aliphatic heterocycles. The Hall–Kier alpha value is -1.000. The summed E-state index contributed by atoms with van der Waals surface area (Å²) in [6.45, 7) is 8.29. The van der Waals surface area contributed by atoms with Crippen molar-refractivity contribution in [3.63, 3.8) is 0 Å². The van der Waals surface area contributed by atoms with Crippen LogP contribution >= 0.6 is 47.3 Å². The van der Waals surface area contributed by atoms with E-state index in [9.17, 15) is 0 Å². The summed E-state index contributed by atoms with van der Waals surface area (Å²) in [4.78, 5) is 8.88. The topological polar surface area (TPSA) is 75.3 Å². The molecular weight excluding hydrogens is 485 g/mol. The van der Waals surface area contributed by atoms with Crippen molar-refractivity contribution < 1.29 is 4.52 Å². The minimum atomic E-state index is 0. The molecule has 0 aliphatic rings. The molecule has 0 atom stereocenters. The van der Waals surface area contributed by atoms with Crippen molar-refractivity contribution in [1.29, 1.82) is 0 Å². The molecule has 0 amide bonds. The first-order valence-corrected chi connectivity index (χ1v) is 9.69. The monoisotopic (exact) mass is 509 g/mol. The van der Waals surface area contributed by atoms with Crippen LogP contribution in [0.3, 0.4) is 0 Å². The second-order valence-corrected chi connectivity index (χ2v) is 7.98. The molecule has 0 radical (unpaired) electrons. The van der Waals surface area contributed by atoms with Crippen molar-refractivity contribution in [2.45, 2.75) is 32.1 Å². The van der Waals surface area contributed by atoms with E-state index in [2.05, 4.69) is 45.9 Å². The van der Waals surface area contributed by atoms with E-state index in [4.69, 9.17) is 16.1 Å². The van der Waals surface area contributed by atoms with E-state index in [-0.39, 0.29) is 28.7 Å². The maximum absolute atomic E-state index is 6.00. The first-order valence-electron chi connectivity index (χ1n) is 8.09. The summed E-state index contributed by atoms with van der Waals surface area (Å²) < 4.78 is 5.41. The van der Waals surface area contributed by atoms with Gasteiger partial charge in [-0.2, -0.15) is 16.7 Å². The zero-order valence-corrected chi connectivity index (χ0v) is 19.3. The van der Waals surface area contributed by atoms with Gasteiger partial charge in [0.05, 0.1) is 0 Å². The summed E-state index contributed by atoms with van der Waals surface area (Å²) in [6, 6.07) is 7.35. The highest BCUT2D eigenvalue weighted by Crippen LogP contribution is 2.20. The van der Waals surface area contributed by atoms with Crippen LogP contribution in [0.1, 0.15) is 26.7 Å². The van der Waals surface area contributed by atoms with E-state index in [1.165, 1.54) is 0 Å². The number of hydrogen-bond donors (Lipinski definition) is 2. The predicted molar refractivity (Wildman–Crippen MR) is 121 cm³/mol.